The lowest BCUT2D eigenvalue weighted by molar-refractivity contribution is 0.0642. The highest BCUT2D eigenvalue weighted by molar-refractivity contribution is 5.95. The summed E-state index contributed by atoms with van der Waals surface area (Å²) in [6.45, 7) is 5.00. The van der Waals surface area contributed by atoms with Gasteiger partial charge in [0.1, 0.15) is 0 Å². The Morgan fingerprint density at radius 1 is 1.29 bits per heavy atom. The molecule has 116 valence electrons. The topological polar surface area (TPSA) is 35.6 Å². The second-order valence-corrected chi connectivity index (χ2v) is 5.92. The van der Waals surface area contributed by atoms with Crippen LogP contribution in [0.15, 0.2) is 24.3 Å². The lowest BCUT2D eigenvalue weighted by Gasteiger charge is -2.34. The molecule has 0 aromatic heterocycles. The Morgan fingerprint density at radius 2 is 2.00 bits per heavy atom. The molecule has 0 unspecified atom stereocenters. The van der Waals surface area contributed by atoms with Gasteiger partial charge in [-0.2, -0.15) is 0 Å². The van der Waals surface area contributed by atoms with Crippen LogP contribution in [-0.4, -0.2) is 50.6 Å². The Kier molecular flexibility index (Phi) is 5.62. The molecule has 1 heterocycles. The van der Waals surface area contributed by atoms with E-state index < -0.39 is 0 Å². The molecular weight excluding hydrogens is 262 g/mol. The molecule has 1 saturated heterocycles. The van der Waals surface area contributed by atoms with Crippen LogP contribution in [0.1, 0.15) is 36.5 Å². The highest BCUT2D eigenvalue weighted by Crippen LogP contribution is 2.19. The summed E-state index contributed by atoms with van der Waals surface area (Å²) in [6.07, 6.45) is 3.11. The summed E-state index contributed by atoms with van der Waals surface area (Å²) in [5, 5.41) is 3.37. The maximum Gasteiger partial charge on any atom is 0.254 e. The van der Waals surface area contributed by atoms with Gasteiger partial charge in [0.2, 0.25) is 0 Å². The SMILES string of the molecule is CCCN(C(=O)c1cccc(N(C)C)c1)C1CCNCC1. The fourth-order valence-electron chi connectivity index (χ4n) is 2.89. The summed E-state index contributed by atoms with van der Waals surface area (Å²) < 4.78 is 0. The molecule has 0 saturated carbocycles. The fraction of sp³-hybridized carbons (Fsp3) is 0.588. The number of piperidine rings is 1. The van der Waals surface area contributed by atoms with Crippen LogP contribution < -0.4 is 10.2 Å². The average molecular weight is 289 g/mol. The summed E-state index contributed by atoms with van der Waals surface area (Å²) in [6, 6.07) is 8.30. The number of carbonyl (C=O) groups excluding carboxylic acids is 1. The van der Waals surface area contributed by atoms with Gasteiger partial charge >= 0.3 is 0 Å². The van der Waals surface area contributed by atoms with Crippen molar-refractivity contribution >= 4 is 11.6 Å². The molecule has 1 amide bonds. The van der Waals surface area contributed by atoms with Crippen molar-refractivity contribution in [2.45, 2.75) is 32.2 Å². The van der Waals surface area contributed by atoms with Crippen molar-refractivity contribution in [1.29, 1.82) is 0 Å². The fourth-order valence-corrected chi connectivity index (χ4v) is 2.89. The lowest BCUT2D eigenvalue weighted by atomic mass is 10.0. The first kappa shape index (κ1) is 15.8. The zero-order chi connectivity index (χ0) is 15.2. The number of hydrogen-bond donors (Lipinski definition) is 1. The van der Waals surface area contributed by atoms with E-state index in [9.17, 15) is 4.79 Å². The van der Waals surface area contributed by atoms with E-state index in [1.807, 2.05) is 43.3 Å². The molecule has 4 nitrogen and oxygen atoms in total. The van der Waals surface area contributed by atoms with Crippen molar-refractivity contribution in [2.75, 3.05) is 38.6 Å². The summed E-state index contributed by atoms with van der Waals surface area (Å²) in [4.78, 5) is 17.0. The molecule has 0 radical (unpaired) electrons. The first-order valence-electron chi connectivity index (χ1n) is 7.92. The Labute approximate surface area is 128 Å². The van der Waals surface area contributed by atoms with Crippen molar-refractivity contribution in [2.24, 2.45) is 0 Å². The molecule has 0 spiro atoms. The molecule has 0 bridgehead atoms. The van der Waals surface area contributed by atoms with Gasteiger partial charge < -0.3 is 15.1 Å². The van der Waals surface area contributed by atoms with Crippen LogP contribution in [-0.2, 0) is 0 Å². The van der Waals surface area contributed by atoms with Crippen molar-refractivity contribution in [1.82, 2.24) is 10.2 Å². The molecule has 4 heteroatoms. The van der Waals surface area contributed by atoms with Gasteiger partial charge in [0.05, 0.1) is 0 Å². The van der Waals surface area contributed by atoms with Crippen molar-refractivity contribution in [3.63, 3.8) is 0 Å². The molecule has 1 aliphatic rings. The van der Waals surface area contributed by atoms with E-state index >= 15 is 0 Å². The third kappa shape index (κ3) is 3.97. The smallest absolute Gasteiger partial charge is 0.254 e. The Bertz CT molecular complexity index is 467. The maximum atomic E-state index is 12.9. The van der Waals surface area contributed by atoms with E-state index in [1.165, 1.54) is 0 Å². The summed E-state index contributed by atoms with van der Waals surface area (Å²) in [7, 11) is 4.00. The van der Waals surface area contributed by atoms with Gasteiger partial charge in [-0.05, 0) is 50.6 Å². The van der Waals surface area contributed by atoms with Crippen molar-refractivity contribution in [3.05, 3.63) is 29.8 Å². The zero-order valence-electron chi connectivity index (χ0n) is 13.4. The van der Waals surface area contributed by atoms with Crippen molar-refractivity contribution in [3.8, 4) is 0 Å². The predicted molar refractivity (Wildman–Crippen MR) is 88.0 cm³/mol. The van der Waals surface area contributed by atoms with Gasteiger partial charge in [0.15, 0.2) is 0 Å². The molecule has 0 aliphatic carbocycles. The minimum absolute atomic E-state index is 0.174. The maximum absolute atomic E-state index is 12.9. The number of benzene rings is 1. The molecule has 1 N–H and O–H groups in total. The van der Waals surface area contributed by atoms with Crippen LogP contribution in [0.2, 0.25) is 0 Å². The predicted octanol–water partition coefficient (Wildman–Crippen LogP) is 2.36. The van der Waals surface area contributed by atoms with Crippen LogP contribution in [0.5, 0.6) is 0 Å². The van der Waals surface area contributed by atoms with E-state index in [0.29, 0.717) is 6.04 Å². The third-order valence-electron chi connectivity index (χ3n) is 4.08. The number of nitrogens with one attached hydrogen (secondary N) is 1. The standard InChI is InChI=1S/C17H27N3O/c1-4-12-20(15-8-10-18-11-9-15)17(21)14-6-5-7-16(13-14)19(2)3/h5-7,13,15,18H,4,8-12H2,1-3H3. The highest BCUT2D eigenvalue weighted by atomic mass is 16.2. The van der Waals surface area contributed by atoms with Crippen LogP contribution in [0.4, 0.5) is 5.69 Å². The molecule has 1 aliphatic heterocycles. The van der Waals surface area contributed by atoms with E-state index in [4.69, 9.17) is 0 Å². The Morgan fingerprint density at radius 3 is 2.62 bits per heavy atom. The minimum Gasteiger partial charge on any atom is -0.378 e. The first-order chi connectivity index (χ1) is 10.1. The largest absolute Gasteiger partial charge is 0.378 e. The zero-order valence-corrected chi connectivity index (χ0v) is 13.4. The number of carbonyl (C=O) groups is 1. The number of rotatable bonds is 5. The minimum atomic E-state index is 0.174. The van der Waals surface area contributed by atoms with E-state index in [-0.39, 0.29) is 5.91 Å². The average Bonchev–Trinajstić information content (AvgIpc) is 2.53. The van der Waals surface area contributed by atoms with Gasteiger partial charge in [0.25, 0.3) is 5.91 Å². The summed E-state index contributed by atoms with van der Waals surface area (Å²) in [5.41, 5.74) is 1.87. The first-order valence-corrected chi connectivity index (χ1v) is 7.92. The second kappa shape index (κ2) is 7.46. The highest BCUT2D eigenvalue weighted by Gasteiger charge is 2.25. The molecule has 0 atom stereocenters. The van der Waals surface area contributed by atoms with Crippen LogP contribution in [0.25, 0.3) is 0 Å². The normalized spacial score (nSPS) is 15.8. The molecule has 2 rings (SSSR count). The molecule has 1 fully saturated rings. The number of nitrogens with zero attached hydrogens (tertiary/aromatic N) is 2. The van der Waals surface area contributed by atoms with Crippen LogP contribution >= 0.6 is 0 Å². The number of anilines is 1. The van der Waals surface area contributed by atoms with Gasteiger partial charge in [-0.1, -0.05) is 13.0 Å². The van der Waals surface area contributed by atoms with Crippen molar-refractivity contribution < 1.29 is 4.79 Å². The van der Waals surface area contributed by atoms with E-state index in [1.54, 1.807) is 0 Å². The second-order valence-electron chi connectivity index (χ2n) is 5.92. The lowest BCUT2D eigenvalue weighted by Crippen LogP contribution is -2.46. The van der Waals surface area contributed by atoms with Gasteiger partial charge in [-0.15, -0.1) is 0 Å². The quantitative estimate of drug-likeness (QED) is 0.904. The van der Waals surface area contributed by atoms with E-state index in [2.05, 4.69) is 17.1 Å². The summed E-state index contributed by atoms with van der Waals surface area (Å²) in [5.74, 6) is 0.174. The molecular formula is C17H27N3O. The van der Waals surface area contributed by atoms with Crippen LogP contribution in [0, 0.1) is 0 Å². The summed E-state index contributed by atoms with van der Waals surface area (Å²) >= 11 is 0. The van der Waals surface area contributed by atoms with Crippen LogP contribution in [0.3, 0.4) is 0 Å². The Hall–Kier alpha value is -1.55. The van der Waals surface area contributed by atoms with E-state index in [0.717, 1.165) is 50.1 Å². The molecule has 21 heavy (non-hydrogen) atoms. The third-order valence-corrected chi connectivity index (χ3v) is 4.08. The monoisotopic (exact) mass is 289 g/mol. The number of hydrogen-bond acceptors (Lipinski definition) is 3. The molecule has 1 aromatic carbocycles. The van der Waals surface area contributed by atoms with Gasteiger partial charge in [-0.25, -0.2) is 0 Å². The van der Waals surface area contributed by atoms with Gasteiger partial charge in [-0.3, -0.25) is 4.79 Å². The Balaban J connectivity index is 2.19. The number of amides is 1. The van der Waals surface area contributed by atoms with Gasteiger partial charge in [0, 0.05) is 37.9 Å². The molecule has 1 aromatic rings.